The fourth-order valence-electron chi connectivity index (χ4n) is 0.194. The first-order chi connectivity index (χ1) is 7.06. The van der Waals surface area contributed by atoms with Crippen LogP contribution < -0.4 is 0 Å². The van der Waals surface area contributed by atoms with Crippen LogP contribution in [0.3, 0.4) is 0 Å². The second-order valence-electron chi connectivity index (χ2n) is 2.48. The standard InChI is InChI=1S/C4H6O5S.C4H6O2/c1-4(5)9-2-3-10(6,7)8;1-3(2)4(5)6/h2-3H,1H3,(H,6,7,8);1H2,2H3,(H,5,6). The van der Waals surface area contributed by atoms with Crippen molar-refractivity contribution in [3.63, 3.8) is 0 Å². The van der Waals surface area contributed by atoms with E-state index in [4.69, 9.17) is 9.66 Å². The molecule has 0 aromatic heterocycles. The molecule has 0 atom stereocenters. The van der Waals surface area contributed by atoms with Crippen LogP contribution in [0.1, 0.15) is 13.8 Å². The average Bonchev–Trinajstić information content (AvgIpc) is 2.01. The van der Waals surface area contributed by atoms with Crippen LogP contribution in [-0.4, -0.2) is 30.0 Å². The molecular weight excluding hydrogens is 240 g/mol. The van der Waals surface area contributed by atoms with Crippen LogP contribution in [0.5, 0.6) is 0 Å². The number of hydrogen-bond donors (Lipinski definition) is 2. The van der Waals surface area contributed by atoms with Crippen molar-refractivity contribution in [3.8, 4) is 0 Å². The van der Waals surface area contributed by atoms with Crippen LogP contribution in [0, 0.1) is 0 Å². The van der Waals surface area contributed by atoms with Crippen LogP contribution in [0.15, 0.2) is 23.8 Å². The Morgan fingerprint density at radius 3 is 1.88 bits per heavy atom. The molecule has 0 saturated heterocycles. The maximum Gasteiger partial charge on any atom is 0.330 e. The van der Waals surface area contributed by atoms with Crippen molar-refractivity contribution in [1.29, 1.82) is 0 Å². The highest BCUT2D eigenvalue weighted by molar-refractivity contribution is 7.88. The Bertz CT molecular complexity index is 379. The molecule has 0 radical (unpaired) electrons. The molecule has 0 aliphatic carbocycles. The summed E-state index contributed by atoms with van der Waals surface area (Å²) in [5.41, 5.74) is 0.176. The molecule has 0 bridgehead atoms. The zero-order valence-electron chi connectivity index (χ0n) is 8.71. The zero-order chi connectivity index (χ0) is 13.4. The van der Waals surface area contributed by atoms with Crippen LogP contribution in [-0.2, 0) is 24.4 Å². The lowest BCUT2D eigenvalue weighted by molar-refractivity contribution is -0.135. The second kappa shape index (κ2) is 7.60. The Balaban J connectivity index is 0. The fraction of sp³-hybridized carbons (Fsp3) is 0.250. The molecule has 2 N–H and O–H groups in total. The first-order valence-corrected chi connectivity index (χ1v) is 5.26. The predicted molar refractivity (Wildman–Crippen MR) is 54.9 cm³/mol. The number of carboxylic acids is 1. The summed E-state index contributed by atoms with van der Waals surface area (Å²) in [4.78, 5) is 19.6. The van der Waals surface area contributed by atoms with Crippen molar-refractivity contribution in [2.75, 3.05) is 0 Å². The van der Waals surface area contributed by atoms with Gasteiger partial charge in [0.2, 0.25) is 0 Å². The van der Waals surface area contributed by atoms with Crippen molar-refractivity contribution in [2.45, 2.75) is 13.8 Å². The van der Waals surface area contributed by atoms with Crippen molar-refractivity contribution in [1.82, 2.24) is 0 Å². The summed E-state index contributed by atoms with van der Waals surface area (Å²) in [6.45, 7) is 5.71. The summed E-state index contributed by atoms with van der Waals surface area (Å²) in [5.74, 6) is -1.59. The van der Waals surface area contributed by atoms with Gasteiger partial charge in [-0.2, -0.15) is 8.42 Å². The minimum absolute atomic E-state index is 0.176. The lowest BCUT2D eigenvalue weighted by Crippen LogP contribution is -1.93. The summed E-state index contributed by atoms with van der Waals surface area (Å²) in [6, 6.07) is 0. The Morgan fingerprint density at radius 1 is 1.31 bits per heavy atom. The number of aliphatic carboxylic acids is 1. The minimum atomic E-state index is -4.18. The second-order valence-corrected chi connectivity index (χ2v) is 3.78. The molecule has 16 heavy (non-hydrogen) atoms. The maximum atomic E-state index is 9.98. The molecule has 0 fully saturated rings. The summed E-state index contributed by atoms with van der Waals surface area (Å²) in [7, 11) is -4.18. The third-order valence-electron chi connectivity index (χ3n) is 0.827. The molecule has 8 heteroatoms. The fourth-order valence-corrected chi connectivity index (χ4v) is 0.390. The van der Waals surface area contributed by atoms with Gasteiger partial charge in [0.1, 0.15) is 6.26 Å². The van der Waals surface area contributed by atoms with Gasteiger partial charge in [-0.05, 0) is 6.92 Å². The number of rotatable bonds is 3. The molecule has 0 spiro atoms. The number of carboxylic acid groups (broad SMARTS) is 1. The van der Waals surface area contributed by atoms with Crippen molar-refractivity contribution in [3.05, 3.63) is 23.8 Å². The number of esters is 1. The lowest BCUT2D eigenvalue weighted by atomic mass is 10.4. The highest BCUT2D eigenvalue weighted by Crippen LogP contribution is 1.85. The molecule has 0 aromatic rings. The van der Waals surface area contributed by atoms with Gasteiger partial charge in [-0.3, -0.25) is 9.35 Å². The Morgan fingerprint density at radius 2 is 1.69 bits per heavy atom. The third kappa shape index (κ3) is 18.2. The van der Waals surface area contributed by atoms with E-state index in [1.165, 1.54) is 6.92 Å². The van der Waals surface area contributed by atoms with Gasteiger partial charge in [0.25, 0.3) is 10.1 Å². The van der Waals surface area contributed by atoms with E-state index in [-0.39, 0.29) is 5.57 Å². The quantitative estimate of drug-likeness (QED) is 0.326. The van der Waals surface area contributed by atoms with E-state index in [9.17, 15) is 18.0 Å². The van der Waals surface area contributed by atoms with Gasteiger partial charge in [0.05, 0.1) is 5.41 Å². The number of hydrogen-bond acceptors (Lipinski definition) is 5. The minimum Gasteiger partial charge on any atom is -0.478 e. The molecule has 7 nitrogen and oxygen atoms in total. The van der Waals surface area contributed by atoms with Gasteiger partial charge in [-0.1, -0.05) is 6.58 Å². The molecule has 92 valence electrons. The SMILES string of the molecule is C=C(C)C(=O)O.CC(=O)OC=CS(=O)(=O)O. The van der Waals surface area contributed by atoms with Gasteiger partial charge < -0.3 is 9.84 Å². The summed E-state index contributed by atoms with van der Waals surface area (Å²) < 4.78 is 31.9. The van der Waals surface area contributed by atoms with E-state index >= 15 is 0 Å². The number of carbonyl (C=O) groups excluding carboxylic acids is 1. The van der Waals surface area contributed by atoms with Crippen LogP contribution >= 0.6 is 0 Å². The van der Waals surface area contributed by atoms with Gasteiger partial charge in [-0.25, -0.2) is 4.79 Å². The van der Waals surface area contributed by atoms with Crippen molar-refractivity contribution >= 4 is 22.1 Å². The van der Waals surface area contributed by atoms with Crippen molar-refractivity contribution < 1.29 is 32.4 Å². The van der Waals surface area contributed by atoms with Gasteiger partial charge in [-0.15, -0.1) is 0 Å². The van der Waals surface area contributed by atoms with Crippen LogP contribution in [0.2, 0.25) is 0 Å². The Hall–Kier alpha value is -1.67. The van der Waals surface area contributed by atoms with E-state index in [0.29, 0.717) is 11.7 Å². The zero-order valence-corrected chi connectivity index (χ0v) is 9.52. The van der Waals surface area contributed by atoms with Gasteiger partial charge >= 0.3 is 11.9 Å². The van der Waals surface area contributed by atoms with Gasteiger partial charge in [0.15, 0.2) is 0 Å². The number of carbonyl (C=O) groups is 2. The van der Waals surface area contributed by atoms with E-state index in [1.54, 1.807) is 0 Å². The molecule has 0 rings (SSSR count). The first-order valence-electron chi connectivity index (χ1n) is 3.76. The Labute approximate surface area is 92.8 Å². The normalized spacial score (nSPS) is 10.2. The molecular formula is C8H12O7S. The monoisotopic (exact) mass is 252 g/mol. The van der Waals surface area contributed by atoms with Gasteiger partial charge in [0, 0.05) is 12.5 Å². The largest absolute Gasteiger partial charge is 0.478 e. The van der Waals surface area contributed by atoms with Crippen LogP contribution in [0.25, 0.3) is 0 Å². The van der Waals surface area contributed by atoms with E-state index in [2.05, 4.69) is 11.3 Å². The molecule has 0 heterocycles. The topological polar surface area (TPSA) is 118 Å². The highest BCUT2D eigenvalue weighted by atomic mass is 32.2. The van der Waals surface area contributed by atoms with Crippen LogP contribution in [0.4, 0.5) is 0 Å². The molecule has 0 amide bonds. The van der Waals surface area contributed by atoms with E-state index < -0.39 is 22.1 Å². The smallest absolute Gasteiger partial charge is 0.330 e. The molecule has 0 aromatic carbocycles. The third-order valence-corrected chi connectivity index (χ3v) is 1.28. The summed E-state index contributed by atoms with van der Waals surface area (Å²) >= 11 is 0. The Kier molecular flexibility index (Phi) is 7.96. The molecule has 0 aliphatic heterocycles. The predicted octanol–water partition coefficient (Wildman–Crippen LogP) is 0.556. The summed E-state index contributed by atoms with van der Waals surface area (Å²) in [5, 5.41) is 8.26. The van der Waals surface area contributed by atoms with E-state index in [1.807, 2.05) is 0 Å². The lowest BCUT2D eigenvalue weighted by Gasteiger charge is -1.87. The summed E-state index contributed by atoms with van der Waals surface area (Å²) in [6.07, 6.45) is 0.595. The van der Waals surface area contributed by atoms with Crippen molar-refractivity contribution in [2.24, 2.45) is 0 Å². The molecule has 0 saturated carbocycles. The average molecular weight is 252 g/mol. The molecule has 0 aliphatic rings. The van der Waals surface area contributed by atoms with E-state index in [0.717, 1.165) is 6.92 Å². The highest BCUT2D eigenvalue weighted by Gasteiger charge is 1.95. The molecule has 0 unspecified atom stereocenters. The number of ether oxygens (including phenoxy) is 1. The maximum absolute atomic E-state index is 9.98. The first kappa shape index (κ1) is 16.7.